The molecule has 1 aromatic heterocycles. The van der Waals surface area contributed by atoms with Gasteiger partial charge in [0.1, 0.15) is 5.69 Å². The van der Waals surface area contributed by atoms with Crippen LogP contribution in [0.5, 0.6) is 0 Å². The SMILES string of the molecule is CN(C)CCNC(=O)c1cccc(-c2ccc(-c3ccccc3)cc2)n1. The van der Waals surface area contributed by atoms with E-state index >= 15 is 0 Å². The third-order valence-corrected chi connectivity index (χ3v) is 4.11. The van der Waals surface area contributed by atoms with Crippen LogP contribution in [0.4, 0.5) is 0 Å². The molecule has 0 aliphatic carbocycles. The minimum absolute atomic E-state index is 0.144. The van der Waals surface area contributed by atoms with Crippen LogP contribution in [-0.2, 0) is 0 Å². The summed E-state index contributed by atoms with van der Waals surface area (Å²) in [4.78, 5) is 18.8. The van der Waals surface area contributed by atoms with E-state index in [-0.39, 0.29) is 5.91 Å². The summed E-state index contributed by atoms with van der Waals surface area (Å²) in [5.41, 5.74) is 4.57. The van der Waals surface area contributed by atoms with Gasteiger partial charge in [-0.05, 0) is 37.4 Å². The van der Waals surface area contributed by atoms with Gasteiger partial charge in [-0.15, -0.1) is 0 Å². The number of carbonyl (C=O) groups is 1. The van der Waals surface area contributed by atoms with Gasteiger partial charge >= 0.3 is 0 Å². The summed E-state index contributed by atoms with van der Waals surface area (Å²) in [5.74, 6) is -0.144. The maximum Gasteiger partial charge on any atom is 0.269 e. The van der Waals surface area contributed by atoms with E-state index in [1.54, 1.807) is 6.07 Å². The number of hydrogen-bond donors (Lipinski definition) is 1. The first-order valence-electron chi connectivity index (χ1n) is 8.69. The van der Waals surface area contributed by atoms with E-state index in [0.717, 1.165) is 23.4 Å². The number of benzene rings is 2. The molecule has 4 heteroatoms. The van der Waals surface area contributed by atoms with Gasteiger partial charge in [0, 0.05) is 18.7 Å². The van der Waals surface area contributed by atoms with Crippen LogP contribution in [0, 0.1) is 0 Å². The molecule has 0 aliphatic heterocycles. The van der Waals surface area contributed by atoms with Crippen molar-refractivity contribution in [3.8, 4) is 22.4 Å². The predicted octanol–water partition coefficient (Wildman–Crippen LogP) is 3.71. The Kier molecular flexibility index (Phi) is 5.77. The topological polar surface area (TPSA) is 45.2 Å². The molecule has 2 aromatic carbocycles. The Bertz CT molecular complexity index is 858. The quantitative estimate of drug-likeness (QED) is 0.741. The van der Waals surface area contributed by atoms with Gasteiger partial charge < -0.3 is 10.2 Å². The highest BCUT2D eigenvalue weighted by atomic mass is 16.1. The van der Waals surface area contributed by atoms with E-state index < -0.39 is 0 Å². The van der Waals surface area contributed by atoms with Crippen LogP contribution in [0.25, 0.3) is 22.4 Å². The van der Waals surface area contributed by atoms with Crippen molar-refractivity contribution in [1.29, 1.82) is 0 Å². The lowest BCUT2D eigenvalue weighted by atomic mass is 10.0. The van der Waals surface area contributed by atoms with Gasteiger partial charge in [0.25, 0.3) is 5.91 Å². The van der Waals surface area contributed by atoms with Gasteiger partial charge in [0.15, 0.2) is 0 Å². The summed E-state index contributed by atoms with van der Waals surface area (Å²) in [7, 11) is 3.95. The molecular formula is C22H23N3O. The molecule has 1 amide bonds. The van der Waals surface area contributed by atoms with Crippen LogP contribution in [0.15, 0.2) is 72.8 Å². The fraction of sp³-hybridized carbons (Fsp3) is 0.182. The number of carbonyl (C=O) groups excluding carboxylic acids is 1. The molecule has 3 rings (SSSR count). The molecule has 0 saturated heterocycles. The number of nitrogens with zero attached hydrogens (tertiary/aromatic N) is 2. The first kappa shape index (κ1) is 17.8. The minimum Gasteiger partial charge on any atom is -0.349 e. The predicted molar refractivity (Wildman–Crippen MR) is 106 cm³/mol. The number of rotatable bonds is 6. The van der Waals surface area contributed by atoms with Gasteiger partial charge in [-0.25, -0.2) is 4.98 Å². The maximum absolute atomic E-state index is 12.3. The zero-order valence-corrected chi connectivity index (χ0v) is 15.1. The third-order valence-electron chi connectivity index (χ3n) is 4.11. The Morgan fingerprint density at radius 1 is 0.846 bits per heavy atom. The van der Waals surface area contributed by atoms with Gasteiger partial charge in [-0.1, -0.05) is 60.7 Å². The molecule has 4 nitrogen and oxygen atoms in total. The van der Waals surface area contributed by atoms with Crippen LogP contribution in [-0.4, -0.2) is 43.0 Å². The van der Waals surface area contributed by atoms with Crippen LogP contribution in [0.1, 0.15) is 10.5 Å². The van der Waals surface area contributed by atoms with Crippen LogP contribution in [0.3, 0.4) is 0 Å². The highest BCUT2D eigenvalue weighted by molar-refractivity contribution is 5.92. The van der Waals surface area contributed by atoms with Crippen molar-refractivity contribution in [3.05, 3.63) is 78.5 Å². The lowest BCUT2D eigenvalue weighted by Crippen LogP contribution is -2.31. The van der Waals surface area contributed by atoms with Crippen molar-refractivity contribution < 1.29 is 4.79 Å². The van der Waals surface area contributed by atoms with Crippen molar-refractivity contribution in [3.63, 3.8) is 0 Å². The number of amides is 1. The molecule has 0 bridgehead atoms. The second-order valence-electron chi connectivity index (χ2n) is 6.41. The number of aromatic nitrogens is 1. The smallest absolute Gasteiger partial charge is 0.269 e. The molecule has 0 spiro atoms. The molecule has 1 heterocycles. The highest BCUT2D eigenvalue weighted by Crippen LogP contribution is 2.23. The first-order valence-corrected chi connectivity index (χ1v) is 8.69. The van der Waals surface area contributed by atoms with Crippen LogP contribution < -0.4 is 5.32 Å². The number of hydrogen-bond acceptors (Lipinski definition) is 3. The van der Waals surface area contributed by atoms with Crippen molar-refractivity contribution in [2.75, 3.05) is 27.2 Å². The van der Waals surface area contributed by atoms with E-state index in [4.69, 9.17) is 0 Å². The Balaban J connectivity index is 1.74. The summed E-state index contributed by atoms with van der Waals surface area (Å²) >= 11 is 0. The Morgan fingerprint density at radius 3 is 2.19 bits per heavy atom. The fourth-order valence-corrected chi connectivity index (χ4v) is 2.67. The molecule has 0 atom stereocenters. The summed E-state index contributed by atoms with van der Waals surface area (Å²) in [5, 5.41) is 2.90. The number of nitrogens with one attached hydrogen (secondary N) is 1. The summed E-state index contributed by atoms with van der Waals surface area (Å²) < 4.78 is 0. The monoisotopic (exact) mass is 345 g/mol. The molecule has 3 aromatic rings. The second-order valence-corrected chi connectivity index (χ2v) is 6.41. The molecule has 0 fully saturated rings. The third kappa shape index (κ3) is 4.55. The van der Waals surface area contributed by atoms with Gasteiger partial charge in [0.2, 0.25) is 0 Å². The Morgan fingerprint density at radius 2 is 1.50 bits per heavy atom. The summed E-state index contributed by atoms with van der Waals surface area (Å²) in [6, 6.07) is 24.0. The zero-order chi connectivity index (χ0) is 18.4. The Labute approximate surface area is 154 Å². The van der Waals surface area contributed by atoms with Crippen LogP contribution in [0.2, 0.25) is 0 Å². The normalized spacial score (nSPS) is 10.7. The van der Waals surface area contributed by atoms with Gasteiger partial charge in [-0.2, -0.15) is 0 Å². The minimum atomic E-state index is -0.144. The van der Waals surface area contributed by atoms with E-state index in [2.05, 4.69) is 34.6 Å². The van der Waals surface area contributed by atoms with Gasteiger partial charge in [-0.3, -0.25) is 4.79 Å². The van der Waals surface area contributed by atoms with E-state index in [9.17, 15) is 4.79 Å². The lowest BCUT2D eigenvalue weighted by Gasteiger charge is -2.10. The average Bonchev–Trinajstić information content (AvgIpc) is 2.68. The molecule has 0 radical (unpaired) electrons. The van der Waals surface area contributed by atoms with Crippen LogP contribution >= 0.6 is 0 Å². The van der Waals surface area contributed by atoms with Crippen molar-refractivity contribution in [1.82, 2.24) is 15.2 Å². The maximum atomic E-state index is 12.3. The molecule has 0 aliphatic rings. The molecule has 0 saturated carbocycles. The summed E-state index contributed by atoms with van der Waals surface area (Å²) in [6.07, 6.45) is 0. The molecule has 132 valence electrons. The second kappa shape index (κ2) is 8.41. The zero-order valence-electron chi connectivity index (χ0n) is 15.1. The molecule has 26 heavy (non-hydrogen) atoms. The number of likely N-dealkylation sites (N-methyl/N-ethyl adjacent to an activating group) is 1. The van der Waals surface area contributed by atoms with E-state index in [1.165, 1.54) is 5.56 Å². The largest absolute Gasteiger partial charge is 0.349 e. The summed E-state index contributed by atoms with van der Waals surface area (Å²) in [6.45, 7) is 1.40. The highest BCUT2D eigenvalue weighted by Gasteiger charge is 2.09. The van der Waals surface area contributed by atoms with Crippen molar-refractivity contribution in [2.24, 2.45) is 0 Å². The first-order chi connectivity index (χ1) is 12.6. The molecule has 0 unspecified atom stereocenters. The standard InChI is InChI=1S/C22H23N3O/c1-25(2)16-15-23-22(26)21-10-6-9-20(24-21)19-13-11-18(12-14-19)17-7-4-3-5-8-17/h3-14H,15-16H2,1-2H3,(H,23,26). The van der Waals surface area contributed by atoms with Crippen molar-refractivity contribution in [2.45, 2.75) is 0 Å². The molecular weight excluding hydrogens is 322 g/mol. The number of pyridine rings is 1. The van der Waals surface area contributed by atoms with Gasteiger partial charge in [0.05, 0.1) is 5.69 Å². The molecule has 1 N–H and O–H groups in total. The van der Waals surface area contributed by atoms with E-state index in [1.807, 2.05) is 61.5 Å². The average molecular weight is 345 g/mol. The fourth-order valence-electron chi connectivity index (χ4n) is 2.67. The Hall–Kier alpha value is -2.98. The van der Waals surface area contributed by atoms with Crippen molar-refractivity contribution >= 4 is 5.91 Å². The lowest BCUT2D eigenvalue weighted by molar-refractivity contribution is 0.0946. The van der Waals surface area contributed by atoms with E-state index in [0.29, 0.717) is 12.2 Å².